The Labute approximate surface area is 148 Å². The molecule has 2 aromatic carbocycles. The highest BCUT2D eigenvalue weighted by atomic mass is 35.5. The first-order chi connectivity index (χ1) is 11.2. The van der Waals surface area contributed by atoms with Crippen molar-refractivity contribution in [3.05, 3.63) is 58.6 Å². The Hall–Kier alpha value is -1.69. The number of H-pyrrole nitrogens is 1. The van der Waals surface area contributed by atoms with Gasteiger partial charge < -0.3 is 4.74 Å². The molecule has 0 aliphatic carbocycles. The van der Waals surface area contributed by atoms with Crippen molar-refractivity contribution < 1.29 is 4.74 Å². The Bertz CT molecular complexity index is 777. The summed E-state index contributed by atoms with van der Waals surface area (Å²) < 4.78 is 5.63. The number of ether oxygens (including phenoxy) is 1. The van der Waals surface area contributed by atoms with Crippen LogP contribution in [0, 0.1) is 0 Å². The van der Waals surface area contributed by atoms with Gasteiger partial charge in [0.15, 0.2) is 5.82 Å². The molecule has 0 radical (unpaired) electrons. The summed E-state index contributed by atoms with van der Waals surface area (Å²) in [6.07, 6.45) is 0. The highest BCUT2D eigenvalue weighted by Crippen LogP contribution is 2.24. The predicted octanol–water partition coefficient (Wildman–Crippen LogP) is 4.95. The van der Waals surface area contributed by atoms with Gasteiger partial charge in [-0.05, 0) is 36.4 Å². The van der Waals surface area contributed by atoms with Gasteiger partial charge in [0.25, 0.3) is 0 Å². The summed E-state index contributed by atoms with van der Waals surface area (Å²) in [4.78, 5) is 4.44. The lowest BCUT2D eigenvalue weighted by Crippen LogP contribution is -2.00. The van der Waals surface area contributed by atoms with Gasteiger partial charge in [0.05, 0.1) is 11.6 Å². The minimum atomic E-state index is 0.527. The second kappa shape index (κ2) is 7.73. The second-order valence-electron chi connectivity index (χ2n) is 4.60. The molecule has 0 aliphatic heterocycles. The van der Waals surface area contributed by atoms with Crippen LogP contribution in [0.3, 0.4) is 0 Å². The first-order valence-electron chi connectivity index (χ1n) is 6.91. The molecular formula is C16H13Cl2N3OS. The molecule has 1 N–H and O–H groups in total. The number of hydrogen-bond donors (Lipinski definition) is 1. The van der Waals surface area contributed by atoms with Crippen molar-refractivity contribution in [1.29, 1.82) is 0 Å². The maximum absolute atomic E-state index is 6.03. The van der Waals surface area contributed by atoms with E-state index in [9.17, 15) is 0 Å². The molecule has 7 heteroatoms. The van der Waals surface area contributed by atoms with E-state index in [1.807, 2.05) is 42.5 Å². The highest BCUT2D eigenvalue weighted by molar-refractivity contribution is 7.99. The van der Waals surface area contributed by atoms with Crippen LogP contribution in [-0.2, 0) is 0 Å². The molecule has 0 saturated carbocycles. The van der Waals surface area contributed by atoms with E-state index in [2.05, 4.69) is 15.2 Å². The number of thioether (sulfide) groups is 1. The van der Waals surface area contributed by atoms with Crippen LogP contribution >= 0.6 is 35.0 Å². The van der Waals surface area contributed by atoms with E-state index in [0.29, 0.717) is 27.6 Å². The van der Waals surface area contributed by atoms with Gasteiger partial charge in [0, 0.05) is 16.3 Å². The highest BCUT2D eigenvalue weighted by Gasteiger charge is 2.06. The number of hydrogen-bond acceptors (Lipinski definition) is 4. The normalized spacial score (nSPS) is 10.7. The number of rotatable bonds is 6. The molecular weight excluding hydrogens is 353 g/mol. The molecule has 0 saturated heterocycles. The molecule has 0 aliphatic rings. The van der Waals surface area contributed by atoms with Crippen LogP contribution in [0.15, 0.2) is 53.7 Å². The molecule has 0 amide bonds. The van der Waals surface area contributed by atoms with Crippen LogP contribution in [0.25, 0.3) is 11.4 Å². The molecule has 3 rings (SSSR count). The zero-order valence-corrected chi connectivity index (χ0v) is 14.3. The molecule has 0 bridgehead atoms. The van der Waals surface area contributed by atoms with Gasteiger partial charge in [0.1, 0.15) is 5.75 Å². The Morgan fingerprint density at radius 3 is 2.61 bits per heavy atom. The summed E-state index contributed by atoms with van der Waals surface area (Å²) >= 11 is 13.4. The van der Waals surface area contributed by atoms with E-state index in [-0.39, 0.29) is 0 Å². The maximum Gasteiger partial charge on any atom is 0.208 e. The molecule has 3 aromatic rings. The minimum absolute atomic E-state index is 0.527. The van der Waals surface area contributed by atoms with Gasteiger partial charge in [-0.3, -0.25) is 5.10 Å². The molecule has 4 nitrogen and oxygen atoms in total. The molecule has 0 spiro atoms. The van der Waals surface area contributed by atoms with Gasteiger partial charge in [-0.15, -0.1) is 5.10 Å². The molecule has 0 unspecified atom stereocenters. The fourth-order valence-electron chi connectivity index (χ4n) is 1.89. The first kappa shape index (κ1) is 16.2. The van der Waals surface area contributed by atoms with E-state index in [0.717, 1.165) is 17.1 Å². The van der Waals surface area contributed by atoms with E-state index in [1.165, 1.54) is 11.8 Å². The Morgan fingerprint density at radius 1 is 1.04 bits per heavy atom. The lowest BCUT2D eigenvalue weighted by molar-refractivity contribution is 0.344. The number of aromatic nitrogens is 3. The van der Waals surface area contributed by atoms with Gasteiger partial charge in [-0.1, -0.05) is 47.1 Å². The predicted molar refractivity (Wildman–Crippen MR) is 94.5 cm³/mol. The van der Waals surface area contributed by atoms with E-state index < -0.39 is 0 Å². The minimum Gasteiger partial charge on any atom is -0.491 e. The number of aromatic amines is 1. The van der Waals surface area contributed by atoms with Gasteiger partial charge in [-0.2, -0.15) is 0 Å². The third kappa shape index (κ3) is 4.41. The first-order valence-corrected chi connectivity index (χ1v) is 8.65. The number of nitrogens with one attached hydrogen (secondary N) is 1. The lowest BCUT2D eigenvalue weighted by atomic mass is 10.2. The van der Waals surface area contributed by atoms with Crippen LogP contribution < -0.4 is 4.74 Å². The summed E-state index contributed by atoms with van der Waals surface area (Å²) in [5.41, 5.74) is 0.945. The Balaban J connectivity index is 1.52. The summed E-state index contributed by atoms with van der Waals surface area (Å²) in [7, 11) is 0. The van der Waals surface area contributed by atoms with Gasteiger partial charge in [0.2, 0.25) is 5.16 Å². The SMILES string of the molecule is Clc1ccc(-c2nc(SCCOc3ccccc3Cl)n[nH]2)cc1. The third-order valence-corrected chi connectivity index (χ3v) is 4.37. The quantitative estimate of drug-likeness (QED) is 0.495. The van der Waals surface area contributed by atoms with Crippen molar-refractivity contribution in [2.45, 2.75) is 5.16 Å². The Morgan fingerprint density at radius 2 is 1.83 bits per heavy atom. The standard InChI is InChI=1S/C16H13Cl2N3OS/c17-12-7-5-11(6-8-12)15-19-16(21-20-15)23-10-9-22-14-4-2-1-3-13(14)18/h1-8H,9-10H2,(H,19,20,21). The molecule has 23 heavy (non-hydrogen) atoms. The van der Waals surface area contributed by atoms with Gasteiger partial charge >= 0.3 is 0 Å². The van der Waals surface area contributed by atoms with Crippen molar-refractivity contribution in [1.82, 2.24) is 15.2 Å². The van der Waals surface area contributed by atoms with E-state index in [1.54, 1.807) is 6.07 Å². The fraction of sp³-hybridized carbons (Fsp3) is 0.125. The zero-order chi connectivity index (χ0) is 16.1. The molecule has 1 aromatic heterocycles. The Kier molecular flexibility index (Phi) is 5.43. The van der Waals surface area contributed by atoms with Crippen LogP contribution in [0.5, 0.6) is 5.75 Å². The second-order valence-corrected chi connectivity index (χ2v) is 6.51. The molecule has 0 atom stereocenters. The maximum atomic E-state index is 6.03. The van der Waals surface area contributed by atoms with Crippen LogP contribution in [-0.4, -0.2) is 27.5 Å². The van der Waals surface area contributed by atoms with Crippen molar-refractivity contribution in [2.24, 2.45) is 0 Å². The lowest BCUT2D eigenvalue weighted by Gasteiger charge is -2.06. The van der Waals surface area contributed by atoms with Crippen molar-refractivity contribution in [3.63, 3.8) is 0 Å². The fourth-order valence-corrected chi connectivity index (χ4v) is 2.83. The topological polar surface area (TPSA) is 50.8 Å². The van der Waals surface area contributed by atoms with Crippen molar-refractivity contribution in [2.75, 3.05) is 12.4 Å². The van der Waals surface area contributed by atoms with Crippen LogP contribution in [0.4, 0.5) is 0 Å². The zero-order valence-electron chi connectivity index (χ0n) is 12.0. The van der Waals surface area contributed by atoms with E-state index >= 15 is 0 Å². The number of halogens is 2. The smallest absolute Gasteiger partial charge is 0.208 e. The number of para-hydroxylation sites is 1. The summed E-state index contributed by atoms with van der Waals surface area (Å²) in [5.74, 6) is 2.13. The average molecular weight is 366 g/mol. The average Bonchev–Trinajstić information content (AvgIpc) is 3.03. The summed E-state index contributed by atoms with van der Waals surface area (Å²) in [6.45, 7) is 0.527. The summed E-state index contributed by atoms with van der Waals surface area (Å²) in [6, 6.07) is 14.9. The summed E-state index contributed by atoms with van der Waals surface area (Å²) in [5, 5.41) is 9.10. The van der Waals surface area contributed by atoms with Crippen LogP contribution in [0.2, 0.25) is 10.0 Å². The number of nitrogens with zero attached hydrogens (tertiary/aromatic N) is 2. The van der Waals surface area contributed by atoms with Crippen molar-refractivity contribution >= 4 is 35.0 Å². The molecule has 1 heterocycles. The van der Waals surface area contributed by atoms with Gasteiger partial charge in [-0.25, -0.2) is 4.98 Å². The van der Waals surface area contributed by atoms with Crippen LogP contribution in [0.1, 0.15) is 0 Å². The third-order valence-electron chi connectivity index (χ3n) is 2.99. The molecule has 0 fully saturated rings. The largest absolute Gasteiger partial charge is 0.491 e. The molecule has 118 valence electrons. The number of benzene rings is 2. The monoisotopic (exact) mass is 365 g/mol. The van der Waals surface area contributed by atoms with Crippen molar-refractivity contribution in [3.8, 4) is 17.1 Å². The van der Waals surface area contributed by atoms with E-state index in [4.69, 9.17) is 27.9 Å².